The molecule has 2 N–H and O–H groups in total. The average molecular weight is 350 g/mol. The van der Waals surface area contributed by atoms with Crippen LogP contribution in [-0.4, -0.2) is 22.5 Å². The Balaban J connectivity index is 0.000000640. The summed E-state index contributed by atoms with van der Waals surface area (Å²) in [6.45, 7) is 0.802. The molecule has 9 heavy (non-hydrogen) atoms. The molecule has 0 aliphatic carbocycles. The van der Waals surface area contributed by atoms with Crippen molar-refractivity contribution in [3.05, 3.63) is 0 Å². The maximum absolute atomic E-state index is 5.68. The van der Waals surface area contributed by atoms with Crippen LogP contribution in [0.2, 0.25) is 0 Å². The predicted molar refractivity (Wildman–Crippen MR) is 34.8 cm³/mol. The molecular weight excluding hydrogens is 342 g/mol. The van der Waals surface area contributed by atoms with E-state index in [1.54, 1.807) is 0 Å². The van der Waals surface area contributed by atoms with Crippen molar-refractivity contribution < 1.29 is 21.1 Å². The first-order chi connectivity index (χ1) is 3.72. The molecule has 0 aromatic heterocycles. The van der Waals surface area contributed by atoms with Gasteiger partial charge in [0.15, 0.2) is 0 Å². The van der Waals surface area contributed by atoms with Crippen molar-refractivity contribution in [1.29, 1.82) is 0 Å². The molecule has 1 fully saturated rings. The first-order valence-corrected chi connectivity index (χ1v) is 3.31. The molecule has 1 aliphatic heterocycles. The summed E-state index contributed by atoms with van der Waals surface area (Å²) < 4.78 is 1.53. The average Bonchev–Trinajstić information content (AvgIpc) is 1.98. The van der Waals surface area contributed by atoms with Gasteiger partial charge >= 0.3 is 21.1 Å². The maximum Gasteiger partial charge on any atom is 2.00 e. The van der Waals surface area contributed by atoms with Crippen LogP contribution in [0.25, 0.3) is 0 Å². The fraction of sp³-hybridized carbons (Fsp3) is 1.00. The van der Waals surface area contributed by atoms with E-state index in [1.165, 1.54) is 4.42 Å². The third kappa shape index (κ3) is 2.36. The number of nitrogens with two attached hydrogens (primary N) is 1. The molecule has 0 saturated carbocycles. The summed E-state index contributed by atoms with van der Waals surface area (Å²) in [5, 5.41) is 0. The number of nitrogens with zero attached hydrogens (tertiary/aromatic N) is 1. The van der Waals surface area contributed by atoms with Crippen molar-refractivity contribution in [2.75, 3.05) is 6.54 Å². The summed E-state index contributed by atoms with van der Waals surface area (Å²) in [4.78, 5) is 0. The van der Waals surface area contributed by atoms with E-state index in [0.29, 0.717) is 0 Å². The van der Waals surface area contributed by atoms with Crippen molar-refractivity contribution in [3.8, 4) is 0 Å². The Morgan fingerprint density at radius 2 is 2.11 bits per heavy atom. The van der Waals surface area contributed by atoms with E-state index in [-0.39, 0.29) is 32.6 Å². The molecule has 0 unspecified atom stereocenters. The maximum atomic E-state index is 5.68. The number of hydrogen-bond acceptors (Lipinski definition) is 2. The van der Waals surface area contributed by atoms with E-state index in [4.69, 9.17) is 29.1 Å². The third-order valence-electron chi connectivity index (χ3n) is 1.30. The molecule has 1 aliphatic rings. The van der Waals surface area contributed by atoms with Crippen LogP contribution >= 0.6 is 23.4 Å². The number of alkyl halides is 1. The zero-order valence-corrected chi connectivity index (χ0v) is 8.45. The largest absolute Gasteiger partial charge is 2.00 e. The Morgan fingerprint density at radius 3 is 2.22 bits per heavy atom. The van der Waals surface area contributed by atoms with Gasteiger partial charge in [-0.3, -0.25) is 0 Å². The third-order valence-corrected chi connectivity index (χ3v) is 2.34. The monoisotopic (exact) mass is 349 g/mol. The zero-order valence-electron chi connectivity index (χ0n) is 4.67. The standard InChI is InChI=1S/C4H8Cl2N2.Pt/c5-4-3(7)1-2-8(4)6;/h3-4H,1-2,7H2;/q;+2/t3-,4+;/m1./s1. The van der Waals surface area contributed by atoms with Crippen LogP contribution in [0.15, 0.2) is 0 Å². The van der Waals surface area contributed by atoms with E-state index < -0.39 is 0 Å². The number of hydrogen-bond donors (Lipinski definition) is 1. The van der Waals surface area contributed by atoms with Gasteiger partial charge in [-0.1, -0.05) is 0 Å². The minimum Gasteiger partial charge on any atom is -0.325 e. The van der Waals surface area contributed by atoms with Crippen molar-refractivity contribution in [2.45, 2.75) is 18.0 Å². The zero-order chi connectivity index (χ0) is 6.15. The van der Waals surface area contributed by atoms with Crippen LogP contribution in [0.1, 0.15) is 6.42 Å². The molecule has 0 bridgehead atoms. The van der Waals surface area contributed by atoms with Gasteiger partial charge in [0.1, 0.15) is 5.50 Å². The Bertz CT molecular complexity index is 82.6. The van der Waals surface area contributed by atoms with Crippen molar-refractivity contribution in [1.82, 2.24) is 4.42 Å². The fourth-order valence-electron chi connectivity index (χ4n) is 0.741. The predicted octanol–water partition coefficient (Wildman–Crippen LogP) is 0.736. The summed E-state index contributed by atoms with van der Waals surface area (Å²) in [6, 6.07) is 0.0502. The second-order valence-corrected chi connectivity index (χ2v) is 2.83. The van der Waals surface area contributed by atoms with Gasteiger partial charge in [0.2, 0.25) is 0 Å². The SMILES string of the molecule is N[C@@H]1CCN(Cl)[C@@H]1Cl.[Pt+2]. The second-order valence-electron chi connectivity index (χ2n) is 1.95. The molecule has 0 spiro atoms. The smallest absolute Gasteiger partial charge is 0.325 e. The van der Waals surface area contributed by atoms with Gasteiger partial charge in [-0.05, 0) is 18.2 Å². The molecule has 2 nitrogen and oxygen atoms in total. The molecule has 0 amide bonds. The Kier molecular flexibility index (Phi) is 4.69. The Hall–Kier alpha value is 1.19. The van der Waals surface area contributed by atoms with Crippen molar-refractivity contribution in [3.63, 3.8) is 0 Å². The molecule has 2 atom stereocenters. The summed E-state index contributed by atoms with van der Waals surface area (Å²) in [6.07, 6.45) is 0.900. The van der Waals surface area contributed by atoms with E-state index in [1.807, 2.05) is 0 Å². The Morgan fingerprint density at radius 1 is 1.56 bits per heavy atom. The minimum absolute atomic E-state index is 0. The van der Waals surface area contributed by atoms with Crippen molar-refractivity contribution >= 4 is 23.4 Å². The number of halogens is 2. The van der Waals surface area contributed by atoms with Gasteiger partial charge in [0, 0.05) is 12.6 Å². The van der Waals surface area contributed by atoms with Gasteiger partial charge in [0.05, 0.1) is 0 Å². The van der Waals surface area contributed by atoms with E-state index in [2.05, 4.69) is 0 Å². The van der Waals surface area contributed by atoms with Crippen LogP contribution in [0.3, 0.4) is 0 Å². The van der Waals surface area contributed by atoms with Gasteiger partial charge < -0.3 is 5.73 Å². The Labute approximate surface area is 79.0 Å². The van der Waals surface area contributed by atoms with Crippen LogP contribution in [-0.2, 0) is 21.1 Å². The van der Waals surface area contributed by atoms with Crippen LogP contribution < -0.4 is 5.73 Å². The molecule has 5 heteroatoms. The molecule has 0 aromatic carbocycles. The number of rotatable bonds is 0. The van der Waals surface area contributed by atoms with Crippen LogP contribution in [0.4, 0.5) is 0 Å². The minimum atomic E-state index is -0.170. The van der Waals surface area contributed by atoms with E-state index >= 15 is 0 Å². The van der Waals surface area contributed by atoms with Crippen molar-refractivity contribution in [2.24, 2.45) is 5.73 Å². The molecule has 0 radical (unpaired) electrons. The van der Waals surface area contributed by atoms with Gasteiger partial charge in [-0.25, -0.2) is 4.42 Å². The van der Waals surface area contributed by atoms with Crippen LogP contribution in [0, 0.1) is 0 Å². The first-order valence-electron chi connectivity index (χ1n) is 2.54. The molecule has 0 aromatic rings. The van der Waals surface area contributed by atoms with Gasteiger partial charge in [-0.15, -0.1) is 11.6 Å². The summed E-state index contributed by atoms with van der Waals surface area (Å²) in [7, 11) is 0. The molecule has 1 saturated heterocycles. The van der Waals surface area contributed by atoms with E-state index in [9.17, 15) is 0 Å². The fourth-order valence-corrected chi connectivity index (χ4v) is 1.21. The molecule has 56 valence electrons. The summed E-state index contributed by atoms with van der Waals surface area (Å²) in [5.41, 5.74) is 5.34. The van der Waals surface area contributed by atoms with Gasteiger partial charge in [-0.2, -0.15) is 0 Å². The topological polar surface area (TPSA) is 29.3 Å². The van der Waals surface area contributed by atoms with Crippen LogP contribution in [0.5, 0.6) is 0 Å². The molecular formula is C4H8Cl2N2Pt+2. The first kappa shape index (κ1) is 10.2. The molecule has 1 rings (SSSR count). The molecule has 1 heterocycles. The second kappa shape index (κ2) is 4.15. The summed E-state index contributed by atoms with van der Waals surface area (Å²) in [5.74, 6) is 0. The quantitative estimate of drug-likeness (QED) is 0.397. The van der Waals surface area contributed by atoms with Gasteiger partial charge in [0.25, 0.3) is 0 Å². The normalized spacial score (nSPS) is 36.3. The summed E-state index contributed by atoms with van der Waals surface area (Å²) >= 11 is 11.3. The van der Waals surface area contributed by atoms with E-state index in [0.717, 1.165) is 13.0 Å².